The maximum atomic E-state index is 12.7. The van der Waals surface area contributed by atoms with Crippen LogP contribution in [-0.4, -0.2) is 47.7 Å². The van der Waals surface area contributed by atoms with Gasteiger partial charge in [0.2, 0.25) is 5.91 Å². The maximum Gasteiger partial charge on any atom is 0.225 e. The van der Waals surface area contributed by atoms with Gasteiger partial charge in [-0.15, -0.1) is 11.3 Å². The topological polar surface area (TPSA) is 61.8 Å². The molecule has 2 N–H and O–H groups in total. The van der Waals surface area contributed by atoms with E-state index in [2.05, 4.69) is 35.5 Å². The lowest BCUT2D eigenvalue weighted by Crippen LogP contribution is -2.66. The fourth-order valence-corrected chi connectivity index (χ4v) is 6.90. The number of hydrogen-bond acceptors (Lipinski definition) is 5. The summed E-state index contributed by atoms with van der Waals surface area (Å²) in [4.78, 5) is 16.3. The van der Waals surface area contributed by atoms with Gasteiger partial charge in [-0.1, -0.05) is 24.3 Å². The Kier molecular flexibility index (Phi) is 3.69. The van der Waals surface area contributed by atoms with Gasteiger partial charge in [0.15, 0.2) is 11.5 Å². The molecule has 1 aromatic heterocycles. The van der Waals surface area contributed by atoms with Crippen LogP contribution in [0.3, 0.4) is 0 Å². The summed E-state index contributed by atoms with van der Waals surface area (Å²) in [6, 6.07) is 8.02. The zero-order chi connectivity index (χ0) is 19.8. The number of rotatable bonds is 3. The Labute approximate surface area is 174 Å². The molecule has 6 rings (SSSR count). The largest absolute Gasteiger partial charge is 0.504 e. The number of amides is 1. The van der Waals surface area contributed by atoms with Gasteiger partial charge in [0.1, 0.15) is 6.10 Å². The van der Waals surface area contributed by atoms with E-state index in [9.17, 15) is 9.90 Å². The van der Waals surface area contributed by atoms with Gasteiger partial charge in [-0.25, -0.2) is 0 Å². The molecular weight excluding hydrogens is 384 g/mol. The number of likely N-dealkylation sites (N-methyl/N-ethyl adjacent to an activating group) is 1. The van der Waals surface area contributed by atoms with Gasteiger partial charge in [0, 0.05) is 27.8 Å². The van der Waals surface area contributed by atoms with Crippen molar-refractivity contribution in [1.82, 2.24) is 10.2 Å². The number of benzene rings is 1. The monoisotopic (exact) mass is 408 g/mol. The van der Waals surface area contributed by atoms with E-state index >= 15 is 0 Å². The summed E-state index contributed by atoms with van der Waals surface area (Å²) >= 11 is 1.60. The van der Waals surface area contributed by atoms with Gasteiger partial charge in [0.05, 0.1) is 12.5 Å². The number of nitrogens with zero attached hydrogens (tertiary/aromatic N) is 1. The van der Waals surface area contributed by atoms with E-state index in [1.807, 2.05) is 17.5 Å². The summed E-state index contributed by atoms with van der Waals surface area (Å²) in [7, 11) is 2.21. The average molecular weight is 409 g/mol. The first-order valence-corrected chi connectivity index (χ1v) is 11.2. The molecule has 0 saturated carbocycles. The first-order chi connectivity index (χ1) is 14.1. The Morgan fingerprint density at radius 1 is 1.38 bits per heavy atom. The maximum absolute atomic E-state index is 12.7. The fraction of sp³-hybridized carbons (Fsp3) is 0.435. The van der Waals surface area contributed by atoms with E-state index in [-0.39, 0.29) is 29.2 Å². The lowest BCUT2D eigenvalue weighted by atomic mass is 9.53. The van der Waals surface area contributed by atoms with Gasteiger partial charge in [-0.2, -0.15) is 0 Å². The molecule has 2 aliphatic heterocycles. The molecule has 1 unspecified atom stereocenters. The molecule has 1 spiro atoms. The number of carbonyl (C=O) groups excluding carboxylic acids is 1. The molecule has 1 amide bonds. The average Bonchev–Trinajstić information content (AvgIpc) is 3.33. The van der Waals surface area contributed by atoms with Crippen LogP contribution < -0.4 is 10.1 Å². The van der Waals surface area contributed by atoms with E-state index in [4.69, 9.17) is 4.74 Å². The quantitative estimate of drug-likeness (QED) is 0.767. The van der Waals surface area contributed by atoms with E-state index in [1.54, 1.807) is 17.4 Å². The van der Waals surface area contributed by atoms with Gasteiger partial charge in [-0.05, 0) is 49.5 Å². The number of phenols is 1. The number of likely N-dealkylation sites (tertiary alicyclic amines) is 1. The van der Waals surface area contributed by atoms with Crippen LogP contribution in [0.15, 0.2) is 41.8 Å². The van der Waals surface area contributed by atoms with Crippen LogP contribution in [0.2, 0.25) is 0 Å². The van der Waals surface area contributed by atoms with Crippen molar-refractivity contribution in [2.75, 3.05) is 13.6 Å². The summed E-state index contributed by atoms with van der Waals surface area (Å²) in [5.74, 6) is 1.21. The second-order valence-electron chi connectivity index (χ2n) is 8.79. The van der Waals surface area contributed by atoms with Crippen LogP contribution in [0, 0.1) is 5.92 Å². The van der Waals surface area contributed by atoms with E-state index in [1.165, 1.54) is 11.1 Å². The predicted molar refractivity (Wildman–Crippen MR) is 112 cm³/mol. The van der Waals surface area contributed by atoms with Crippen molar-refractivity contribution in [1.29, 1.82) is 0 Å². The molecule has 5 nitrogen and oxygen atoms in total. The van der Waals surface area contributed by atoms with Crippen LogP contribution in [0.5, 0.6) is 11.5 Å². The highest BCUT2D eigenvalue weighted by atomic mass is 32.1. The zero-order valence-corrected chi connectivity index (χ0v) is 17.1. The molecule has 1 aromatic carbocycles. The van der Waals surface area contributed by atoms with E-state index in [0.29, 0.717) is 24.1 Å². The van der Waals surface area contributed by atoms with Crippen molar-refractivity contribution in [2.24, 2.45) is 5.92 Å². The predicted octanol–water partition coefficient (Wildman–Crippen LogP) is 2.63. The third-order valence-electron chi connectivity index (χ3n) is 7.42. The molecule has 29 heavy (non-hydrogen) atoms. The van der Waals surface area contributed by atoms with E-state index < -0.39 is 0 Å². The summed E-state index contributed by atoms with van der Waals surface area (Å²) in [6.07, 6.45) is 6.59. The van der Waals surface area contributed by atoms with Crippen LogP contribution in [-0.2, 0) is 23.1 Å². The molecular formula is C23H24N2O3S. The van der Waals surface area contributed by atoms with Gasteiger partial charge in [-0.3, -0.25) is 4.79 Å². The standard InChI is InChI=1S/C23H24N2O3S/c1-25-9-8-23-15-5-6-16(24-19(27)12-14-3-2-10-29-14)22(23)28-21-18(26)7-4-13(20(21)23)11-17(15)25/h2-7,10,15-17,22,26H,8-9,11-12H2,1H3,(H,24,27)/t15?,16-,17-,22+,23+/m1/s1. The second-order valence-corrected chi connectivity index (χ2v) is 9.82. The SMILES string of the molecule is CN1CC[C@]23c4c5ccc(O)c4O[C@H]2[C@H](NC(=O)Cc2cccs2)C=CC3[C@H]1C5. The number of piperidine rings is 1. The molecule has 2 aromatic rings. The number of ether oxygens (including phenoxy) is 1. The van der Waals surface area contributed by atoms with Crippen molar-refractivity contribution in [3.8, 4) is 11.5 Å². The number of aromatic hydroxyl groups is 1. The summed E-state index contributed by atoms with van der Waals surface area (Å²) in [6.45, 7) is 0.999. The normalized spacial score (nSPS) is 33.8. The number of phenolic OH excluding ortho intramolecular Hbond substituents is 1. The second kappa shape index (κ2) is 6.09. The summed E-state index contributed by atoms with van der Waals surface area (Å²) < 4.78 is 6.46. The summed E-state index contributed by atoms with van der Waals surface area (Å²) in [5.41, 5.74) is 2.31. The molecule has 5 atom stereocenters. The fourth-order valence-electron chi connectivity index (χ4n) is 6.20. The zero-order valence-electron chi connectivity index (χ0n) is 16.3. The molecule has 1 saturated heterocycles. The van der Waals surface area contributed by atoms with Crippen LogP contribution in [0.4, 0.5) is 0 Å². The highest BCUT2D eigenvalue weighted by molar-refractivity contribution is 7.10. The van der Waals surface area contributed by atoms with Crippen molar-refractivity contribution in [2.45, 2.75) is 42.9 Å². The van der Waals surface area contributed by atoms with Crippen molar-refractivity contribution < 1.29 is 14.6 Å². The van der Waals surface area contributed by atoms with Crippen molar-refractivity contribution in [3.63, 3.8) is 0 Å². The van der Waals surface area contributed by atoms with Crippen LogP contribution in [0.25, 0.3) is 0 Å². The molecule has 1 fully saturated rings. The van der Waals surface area contributed by atoms with Crippen LogP contribution >= 0.6 is 11.3 Å². The molecule has 4 aliphatic rings. The van der Waals surface area contributed by atoms with Gasteiger partial charge < -0.3 is 20.1 Å². The first kappa shape index (κ1) is 17.5. The highest BCUT2D eigenvalue weighted by Crippen LogP contribution is 2.62. The number of nitrogens with one attached hydrogen (secondary N) is 1. The Bertz CT molecular complexity index is 1020. The highest BCUT2D eigenvalue weighted by Gasteiger charge is 2.64. The Hall–Kier alpha value is -2.31. The minimum atomic E-state index is -0.194. The molecule has 150 valence electrons. The lowest BCUT2D eigenvalue weighted by molar-refractivity contribution is -0.122. The molecule has 0 radical (unpaired) electrons. The smallest absolute Gasteiger partial charge is 0.225 e. The molecule has 2 bridgehead atoms. The molecule has 6 heteroatoms. The first-order valence-electron chi connectivity index (χ1n) is 10.3. The molecule has 3 heterocycles. The van der Waals surface area contributed by atoms with E-state index in [0.717, 1.165) is 24.3 Å². The Morgan fingerprint density at radius 3 is 3.10 bits per heavy atom. The van der Waals surface area contributed by atoms with Crippen LogP contribution in [0.1, 0.15) is 22.4 Å². The summed E-state index contributed by atoms with van der Waals surface area (Å²) in [5, 5.41) is 15.8. The lowest BCUT2D eigenvalue weighted by Gasteiger charge is -2.57. The van der Waals surface area contributed by atoms with Crippen molar-refractivity contribution >= 4 is 17.2 Å². The molecule has 2 aliphatic carbocycles. The third-order valence-corrected chi connectivity index (χ3v) is 8.29. The minimum absolute atomic E-state index is 0.0150. The van der Waals surface area contributed by atoms with Gasteiger partial charge in [0.25, 0.3) is 0 Å². The number of hydrogen-bond donors (Lipinski definition) is 2. The number of carbonyl (C=O) groups is 1. The Morgan fingerprint density at radius 2 is 2.28 bits per heavy atom. The van der Waals surface area contributed by atoms with Crippen molar-refractivity contribution in [3.05, 3.63) is 57.8 Å². The third kappa shape index (κ3) is 2.33. The minimum Gasteiger partial charge on any atom is -0.504 e. The number of thiophene rings is 1. The van der Waals surface area contributed by atoms with Gasteiger partial charge >= 0.3 is 0 Å². The Balaban J connectivity index is 1.40.